The van der Waals surface area contributed by atoms with Crippen LogP contribution in [0.5, 0.6) is 0 Å². The van der Waals surface area contributed by atoms with Crippen LogP contribution in [-0.2, 0) is 0 Å². The Hall–Kier alpha value is -2.36. The quantitative estimate of drug-likeness (QED) is 0.939. The van der Waals surface area contributed by atoms with Crippen molar-refractivity contribution in [2.75, 3.05) is 24.3 Å². The van der Waals surface area contributed by atoms with E-state index in [0.717, 1.165) is 22.6 Å². The predicted molar refractivity (Wildman–Crippen MR) is 87.2 cm³/mol. The Morgan fingerprint density at radius 2 is 1.71 bits per heavy atom. The fourth-order valence-electron chi connectivity index (χ4n) is 2.35. The lowest BCUT2D eigenvalue weighted by molar-refractivity contribution is 0.102. The molecule has 0 fully saturated rings. The molecule has 1 N–H and O–H groups in total. The molecule has 1 amide bonds. The second kappa shape index (κ2) is 5.95. The van der Waals surface area contributed by atoms with E-state index < -0.39 is 0 Å². The fourth-order valence-corrected chi connectivity index (χ4v) is 2.35. The molecule has 4 nitrogen and oxygen atoms in total. The lowest BCUT2D eigenvalue weighted by atomic mass is 10.0. The minimum Gasteiger partial charge on any atom is -0.363 e. The van der Waals surface area contributed by atoms with Gasteiger partial charge in [0.05, 0.1) is 0 Å². The van der Waals surface area contributed by atoms with Gasteiger partial charge in [0.1, 0.15) is 11.5 Å². The van der Waals surface area contributed by atoms with Crippen LogP contribution in [0.1, 0.15) is 27.2 Å². The molecule has 1 aromatic heterocycles. The molecule has 0 aliphatic carbocycles. The summed E-state index contributed by atoms with van der Waals surface area (Å²) in [5.41, 5.74) is 4.59. The summed E-state index contributed by atoms with van der Waals surface area (Å²) in [4.78, 5) is 18.6. The first-order valence-corrected chi connectivity index (χ1v) is 6.92. The summed E-state index contributed by atoms with van der Waals surface area (Å²) in [5.74, 6) is 0.578. The van der Waals surface area contributed by atoms with Crippen molar-refractivity contribution in [1.82, 2.24) is 4.98 Å². The molecule has 0 radical (unpaired) electrons. The zero-order chi connectivity index (χ0) is 15.6. The van der Waals surface area contributed by atoms with Crippen LogP contribution in [0.15, 0.2) is 30.3 Å². The lowest BCUT2D eigenvalue weighted by Crippen LogP contribution is -2.18. The summed E-state index contributed by atoms with van der Waals surface area (Å²) in [5, 5.41) is 2.97. The van der Waals surface area contributed by atoms with E-state index in [1.807, 2.05) is 51.9 Å². The molecule has 0 bridgehead atoms. The number of hydrogen-bond donors (Lipinski definition) is 1. The summed E-state index contributed by atoms with van der Waals surface area (Å²) in [6, 6.07) is 9.56. The molecule has 0 saturated heterocycles. The van der Waals surface area contributed by atoms with Crippen LogP contribution in [0.3, 0.4) is 0 Å². The third-order valence-corrected chi connectivity index (χ3v) is 3.34. The monoisotopic (exact) mass is 283 g/mol. The number of pyridine rings is 1. The highest BCUT2D eigenvalue weighted by atomic mass is 16.1. The van der Waals surface area contributed by atoms with Crippen LogP contribution < -0.4 is 10.2 Å². The van der Waals surface area contributed by atoms with Gasteiger partial charge in [0.25, 0.3) is 5.91 Å². The molecule has 110 valence electrons. The SMILES string of the molecule is Cc1cc(C)c(NC(=O)c2cccc(N(C)C)n2)c(C)c1. The van der Waals surface area contributed by atoms with Gasteiger partial charge in [-0.05, 0) is 44.0 Å². The number of aryl methyl sites for hydroxylation is 3. The van der Waals surface area contributed by atoms with Crippen LogP contribution in [0, 0.1) is 20.8 Å². The van der Waals surface area contributed by atoms with Crippen molar-refractivity contribution in [3.63, 3.8) is 0 Å². The van der Waals surface area contributed by atoms with Crippen molar-refractivity contribution in [1.29, 1.82) is 0 Å². The van der Waals surface area contributed by atoms with Crippen molar-refractivity contribution in [3.05, 3.63) is 52.7 Å². The predicted octanol–water partition coefficient (Wildman–Crippen LogP) is 3.33. The van der Waals surface area contributed by atoms with E-state index in [2.05, 4.69) is 22.4 Å². The van der Waals surface area contributed by atoms with Crippen molar-refractivity contribution < 1.29 is 4.79 Å². The van der Waals surface area contributed by atoms with Gasteiger partial charge < -0.3 is 10.2 Å². The topological polar surface area (TPSA) is 45.2 Å². The second-order valence-corrected chi connectivity index (χ2v) is 5.50. The Bertz CT molecular complexity index is 654. The number of amides is 1. The number of nitrogens with one attached hydrogen (secondary N) is 1. The number of anilines is 2. The van der Waals surface area contributed by atoms with Crippen LogP contribution in [0.4, 0.5) is 11.5 Å². The average Bonchev–Trinajstić information content (AvgIpc) is 2.42. The molecule has 21 heavy (non-hydrogen) atoms. The van der Waals surface area contributed by atoms with Crippen LogP contribution in [0.25, 0.3) is 0 Å². The first-order valence-electron chi connectivity index (χ1n) is 6.92. The molecule has 1 aromatic carbocycles. The lowest BCUT2D eigenvalue weighted by Gasteiger charge is -2.14. The smallest absolute Gasteiger partial charge is 0.274 e. The molecule has 0 spiro atoms. The summed E-state index contributed by atoms with van der Waals surface area (Å²) in [6.45, 7) is 6.05. The van der Waals surface area contributed by atoms with E-state index >= 15 is 0 Å². The Morgan fingerprint density at radius 1 is 1.10 bits per heavy atom. The van der Waals surface area contributed by atoms with Gasteiger partial charge in [0.15, 0.2) is 0 Å². The summed E-state index contributed by atoms with van der Waals surface area (Å²) in [6.07, 6.45) is 0. The molecule has 2 rings (SSSR count). The van der Waals surface area contributed by atoms with Crippen molar-refractivity contribution in [2.45, 2.75) is 20.8 Å². The Balaban J connectivity index is 2.28. The number of nitrogens with zero attached hydrogens (tertiary/aromatic N) is 2. The summed E-state index contributed by atoms with van der Waals surface area (Å²) in [7, 11) is 3.80. The first kappa shape index (κ1) is 15.0. The zero-order valence-corrected chi connectivity index (χ0v) is 13.2. The Morgan fingerprint density at radius 3 is 2.29 bits per heavy atom. The molecule has 4 heteroatoms. The zero-order valence-electron chi connectivity index (χ0n) is 13.2. The highest BCUT2D eigenvalue weighted by Crippen LogP contribution is 2.22. The third-order valence-electron chi connectivity index (χ3n) is 3.34. The minimum absolute atomic E-state index is 0.186. The Labute approximate surface area is 125 Å². The Kier molecular flexibility index (Phi) is 4.26. The number of hydrogen-bond acceptors (Lipinski definition) is 3. The van der Waals surface area contributed by atoms with Crippen molar-refractivity contribution in [2.24, 2.45) is 0 Å². The number of aromatic nitrogens is 1. The van der Waals surface area contributed by atoms with E-state index in [-0.39, 0.29) is 5.91 Å². The standard InChI is InChI=1S/C17H21N3O/c1-11-9-12(2)16(13(3)10-11)19-17(21)14-7-6-8-15(18-14)20(4)5/h6-10H,1-5H3,(H,19,21). The second-order valence-electron chi connectivity index (χ2n) is 5.50. The highest BCUT2D eigenvalue weighted by molar-refractivity contribution is 6.04. The van der Waals surface area contributed by atoms with Gasteiger partial charge >= 0.3 is 0 Å². The number of rotatable bonds is 3. The normalized spacial score (nSPS) is 10.3. The van der Waals surface area contributed by atoms with Crippen molar-refractivity contribution in [3.8, 4) is 0 Å². The largest absolute Gasteiger partial charge is 0.363 e. The van der Waals surface area contributed by atoms with Crippen molar-refractivity contribution >= 4 is 17.4 Å². The molecule has 1 heterocycles. The van der Waals surface area contributed by atoms with Gasteiger partial charge in [-0.1, -0.05) is 23.8 Å². The number of carbonyl (C=O) groups is 1. The number of carbonyl (C=O) groups excluding carboxylic acids is 1. The van der Waals surface area contributed by atoms with Crippen LogP contribution in [-0.4, -0.2) is 25.0 Å². The number of benzene rings is 1. The minimum atomic E-state index is -0.186. The molecule has 0 atom stereocenters. The maximum Gasteiger partial charge on any atom is 0.274 e. The van der Waals surface area contributed by atoms with E-state index in [1.54, 1.807) is 6.07 Å². The van der Waals surface area contributed by atoms with Crippen LogP contribution in [0.2, 0.25) is 0 Å². The molecule has 0 unspecified atom stereocenters. The maximum atomic E-state index is 12.4. The van der Waals surface area contributed by atoms with Gasteiger partial charge in [0, 0.05) is 19.8 Å². The average molecular weight is 283 g/mol. The molecule has 0 aliphatic heterocycles. The fraction of sp³-hybridized carbons (Fsp3) is 0.294. The maximum absolute atomic E-state index is 12.4. The van der Waals surface area contributed by atoms with E-state index in [9.17, 15) is 4.79 Å². The molecular formula is C17H21N3O. The van der Waals surface area contributed by atoms with Gasteiger partial charge in [-0.15, -0.1) is 0 Å². The molecule has 0 aliphatic rings. The van der Waals surface area contributed by atoms with Crippen LogP contribution >= 0.6 is 0 Å². The van der Waals surface area contributed by atoms with Gasteiger partial charge in [0.2, 0.25) is 0 Å². The molecule has 2 aromatic rings. The summed E-state index contributed by atoms with van der Waals surface area (Å²) < 4.78 is 0. The van der Waals surface area contributed by atoms with Gasteiger partial charge in [-0.25, -0.2) is 4.98 Å². The van der Waals surface area contributed by atoms with E-state index in [4.69, 9.17) is 0 Å². The van der Waals surface area contributed by atoms with Gasteiger partial charge in [-0.2, -0.15) is 0 Å². The van der Waals surface area contributed by atoms with E-state index in [1.165, 1.54) is 5.56 Å². The summed E-state index contributed by atoms with van der Waals surface area (Å²) >= 11 is 0. The highest BCUT2D eigenvalue weighted by Gasteiger charge is 2.12. The molecular weight excluding hydrogens is 262 g/mol. The van der Waals surface area contributed by atoms with E-state index in [0.29, 0.717) is 5.69 Å². The third kappa shape index (κ3) is 3.40. The van der Waals surface area contributed by atoms with Gasteiger partial charge in [-0.3, -0.25) is 4.79 Å². The first-order chi connectivity index (χ1) is 9.88. The molecule has 0 saturated carbocycles.